The highest BCUT2D eigenvalue weighted by atomic mass is 127. The van der Waals surface area contributed by atoms with Gasteiger partial charge in [-0.2, -0.15) is 0 Å². The van der Waals surface area contributed by atoms with Gasteiger partial charge in [-0.05, 0) is 30.1 Å². The van der Waals surface area contributed by atoms with Crippen molar-refractivity contribution in [2.75, 3.05) is 20.1 Å². The Morgan fingerprint density at radius 1 is 1.31 bits per heavy atom. The lowest BCUT2D eigenvalue weighted by molar-refractivity contribution is 0.404. The normalized spacial score (nSPS) is 38.8. The van der Waals surface area contributed by atoms with Gasteiger partial charge in [0.2, 0.25) is 0 Å². The van der Waals surface area contributed by atoms with Gasteiger partial charge in [0.15, 0.2) is 5.96 Å². The van der Waals surface area contributed by atoms with E-state index in [2.05, 4.69) is 36.1 Å². The van der Waals surface area contributed by atoms with Crippen molar-refractivity contribution in [1.29, 1.82) is 0 Å². The Hall–Kier alpha value is 0. The van der Waals surface area contributed by atoms with Crippen LogP contribution in [-0.2, 0) is 0 Å². The van der Waals surface area contributed by atoms with Crippen LogP contribution in [-0.4, -0.2) is 37.0 Å². The molecule has 3 rings (SSSR count). The van der Waals surface area contributed by atoms with E-state index >= 15 is 0 Å². The molecule has 4 heteroatoms. The Balaban J connectivity index is 0.000000963. The van der Waals surface area contributed by atoms with Gasteiger partial charge < -0.3 is 10.2 Å². The highest BCUT2D eigenvalue weighted by Crippen LogP contribution is 2.66. The topological polar surface area (TPSA) is 27.6 Å². The third-order valence-electron chi connectivity index (χ3n) is 4.76. The summed E-state index contributed by atoms with van der Waals surface area (Å²) in [6, 6.07) is 0.687. The van der Waals surface area contributed by atoms with E-state index in [1.807, 2.05) is 0 Å². The molecule has 0 saturated heterocycles. The van der Waals surface area contributed by atoms with Crippen LogP contribution in [0.3, 0.4) is 0 Å². The van der Waals surface area contributed by atoms with Gasteiger partial charge in [0.05, 0.1) is 6.54 Å². The van der Waals surface area contributed by atoms with E-state index in [1.54, 1.807) is 0 Å². The largest absolute Gasteiger partial charge is 0.353 e. The molecule has 1 heterocycles. The van der Waals surface area contributed by atoms with Gasteiger partial charge in [0.25, 0.3) is 0 Å². The number of guanidine groups is 1. The third-order valence-corrected chi connectivity index (χ3v) is 4.76. The van der Waals surface area contributed by atoms with Crippen molar-refractivity contribution in [3.63, 3.8) is 0 Å². The van der Waals surface area contributed by atoms with Gasteiger partial charge in [-0.3, -0.25) is 4.99 Å². The summed E-state index contributed by atoms with van der Waals surface area (Å²) in [5, 5.41) is 3.60. The predicted molar refractivity (Wildman–Crippen MR) is 77.3 cm³/mol. The number of hydrogen-bond acceptors (Lipinski definition) is 3. The highest BCUT2D eigenvalue weighted by molar-refractivity contribution is 14.0. The second kappa shape index (κ2) is 4.03. The third kappa shape index (κ3) is 1.83. The summed E-state index contributed by atoms with van der Waals surface area (Å²) in [5.74, 6) is 3.07. The van der Waals surface area contributed by atoms with Crippen molar-refractivity contribution < 1.29 is 0 Å². The first-order valence-electron chi connectivity index (χ1n) is 6.11. The molecule has 0 radical (unpaired) electrons. The molecular formula is C12H22IN3. The molecule has 2 aliphatic carbocycles. The monoisotopic (exact) mass is 335 g/mol. The second-order valence-electron chi connectivity index (χ2n) is 5.97. The smallest absolute Gasteiger partial charge is 0.194 e. The standard InChI is InChI=1S/C12H21N3.HI/c1-12(2)9-6-8(7-10(9)12)14-11-13-4-5-15(11)3;/h8-10H,4-7H2,1-3H3,(H,13,14);1H/t8?,9-,10+;. The fraction of sp³-hybridized carbons (Fsp3) is 0.917. The first-order chi connectivity index (χ1) is 7.09. The Bertz CT molecular complexity index is 299. The van der Waals surface area contributed by atoms with E-state index in [1.165, 1.54) is 12.8 Å². The van der Waals surface area contributed by atoms with Crippen molar-refractivity contribution in [1.82, 2.24) is 10.2 Å². The summed E-state index contributed by atoms with van der Waals surface area (Å²) in [6.07, 6.45) is 2.70. The average molecular weight is 335 g/mol. The van der Waals surface area contributed by atoms with Gasteiger partial charge in [0.1, 0.15) is 0 Å². The lowest BCUT2D eigenvalue weighted by Crippen LogP contribution is -2.41. The zero-order valence-electron chi connectivity index (χ0n) is 10.4. The summed E-state index contributed by atoms with van der Waals surface area (Å²) in [4.78, 5) is 6.72. The van der Waals surface area contributed by atoms with Gasteiger partial charge in [-0.1, -0.05) is 13.8 Å². The molecular weight excluding hydrogens is 313 g/mol. The minimum atomic E-state index is 0. The first-order valence-corrected chi connectivity index (χ1v) is 6.11. The Kier molecular flexibility index (Phi) is 3.14. The number of likely N-dealkylation sites (N-methyl/N-ethyl adjacent to an activating group) is 1. The predicted octanol–water partition coefficient (Wildman–Crippen LogP) is 1.93. The van der Waals surface area contributed by atoms with Crippen LogP contribution in [0.2, 0.25) is 0 Å². The SMILES string of the molecule is CN1CCN=C1NC1C[C@@H]2[C@H](C1)C2(C)C.I. The van der Waals surface area contributed by atoms with E-state index in [0.717, 1.165) is 30.9 Å². The van der Waals surface area contributed by atoms with Crippen LogP contribution in [0.4, 0.5) is 0 Å². The maximum atomic E-state index is 4.49. The van der Waals surface area contributed by atoms with Crippen LogP contribution in [0.1, 0.15) is 26.7 Å². The van der Waals surface area contributed by atoms with Crippen LogP contribution >= 0.6 is 24.0 Å². The molecule has 1 aliphatic heterocycles. The van der Waals surface area contributed by atoms with Crippen LogP contribution in [0.15, 0.2) is 4.99 Å². The molecule has 2 saturated carbocycles. The van der Waals surface area contributed by atoms with E-state index in [-0.39, 0.29) is 24.0 Å². The second-order valence-corrected chi connectivity index (χ2v) is 5.97. The number of aliphatic imine (C=N–C) groups is 1. The molecule has 0 spiro atoms. The number of fused-ring (bicyclic) bond motifs is 1. The molecule has 92 valence electrons. The Labute approximate surface area is 115 Å². The minimum Gasteiger partial charge on any atom is -0.353 e. The number of hydrogen-bond donors (Lipinski definition) is 1. The van der Waals surface area contributed by atoms with E-state index in [9.17, 15) is 0 Å². The summed E-state index contributed by atoms with van der Waals surface area (Å²) in [7, 11) is 2.12. The molecule has 0 aromatic heterocycles. The molecule has 0 bridgehead atoms. The lowest BCUT2D eigenvalue weighted by atomic mass is 9.98. The zero-order chi connectivity index (χ0) is 10.6. The van der Waals surface area contributed by atoms with Crippen molar-refractivity contribution in [2.45, 2.75) is 32.7 Å². The van der Waals surface area contributed by atoms with Crippen LogP contribution in [0.5, 0.6) is 0 Å². The summed E-state index contributed by atoms with van der Waals surface area (Å²) >= 11 is 0. The summed E-state index contributed by atoms with van der Waals surface area (Å²) < 4.78 is 0. The van der Waals surface area contributed by atoms with Crippen LogP contribution in [0, 0.1) is 17.3 Å². The van der Waals surface area contributed by atoms with Gasteiger partial charge in [-0.15, -0.1) is 24.0 Å². The Morgan fingerprint density at radius 2 is 1.94 bits per heavy atom. The summed E-state index contributed by atoms with van der Waals surface area (Å²) in [5.41, 5.74) is 0.640. The maximum absolute atomic E-state index is 4.49. The van der Waals surface area contributed by atoms with Crippen molar-refractivity contribution >= 4 is 29.9 Å². The molecule has 1 unspecified atom stereocenters. The van der Waals surface area contributed by atoms with Crippen molar-refractivity contribution in [3.05, 3.63) is 0 Å². The van der Waals surface area contributed by atoms with E-state index in [4.69, 9.17) is 0 Å². The Morgan fingerprint density at radius 3 is 2.44 bits per heavy atom. The van der Waals surface area contributed by atoms with Gasteiger partial charge >= 0.3 is 0 Å². The molecule has 1 N–H and O–H groups in total. The van der Waals surface area contributed by atoms with Crippen LogP contribution in [0.25, 0.3) is 0 Å². The molecule has 0 amide bonds. The molecule has 3 aliphatic rings. The van der Waals surface area contributed by atoms with E-state index < -0.39 is 0 Å². The fourth-order valence-corrected chi connectivity index (χ4v) is 3.49. The number of nitrogens with zero attached hydrogens (tertiary/aromatic N) is 2. The number of nitrogens with one attached hydrogen (secondary N) is 1. The van der Waals surface area contributed by atoms with E-state index in [0.29, 0.717) is 11.5 Å². The number of halogens is 1. The molecule has 2 fully saturated rings. The first kappa shape index (κ1) is 12.5. The molecule has 0 aromatic rings. The number of rotatable bonds is 1. The lowest BCUT2D eigenvalue weighted by Gasteiger charge is -2.23. The van der Waals surface area contributed by atoms with Crippen molar-refractivity contribution in [3.8, 4) is 0 Å². The molecule has 16 heavy (non-hydrogen) atoms. The molecule has 3 atom stereocenters. The van der Waals surface area contributed by atoms with Gasteiger partial charge in [0, 0.05) is 19.6 Å². The zero-order valence-corrected chi connectivity index (χ0v) is 12.7. The van der Waals surface area contributed by atoms with Crippen LogP contribution < -0.4 is 5.32 Å². The molecule has 3 nitrogen and oxygen atoms in total. The highest BCUT2D eigenvalue weighted by Gasteiger charge is 2.62. The maximum Gasteiger partial charge on any atom is 0.194 e. The van der Waals surface area contributed by atoms with Crippen molar-refractivity contribution in [2.24, 2.45) is 22.2 Å². The fourth-order valence-electron chi connectivity index (χ4n) is 3.49. The summed E-state index contributed by atoms with van der Waals surface area (Å²) in [6.45, 7) is 6.87. The van der Waals surface area contributed by atoms with Gasteiger partial charge in [-0.25, -0.2) is 0 Å². The minimum absolute atomic E-state index is 0. The molecule has 0 aromatic carbocycles. The average Bonchev–Trinajstić information content (AvgIpc) is 2.65. The quantitative estimate of drug-likeness (QED) is 0.742.